The maximum Gasteiger partial charge on any atom is 0.172 e. The van der Waals surface area contributed by atoms with Gasteiger partial charge in [-0.1, -0.05) is 96.6 Å². The van der Waals surface area contributed by atoms with Gasteiger partial charge in [-0.25, -0.2) is 5.87 Å². The van der Waals surface area contributed by atoms with Crippen LogP contribution in [0.4, 0.5) is 0 Å². The van der Waals surface area contributed by atoms with Gasteiger partial charge in [-0.15, -0.1) is 0 Å². The van der Waals surface area contributed by atoms with E-state index in [1.165, 1.54) is 0 Å². The van der Waals surface area contributed by atoms with Crippen molar-refractivity contribution in [2.75, 3.05) is 0 Å². The predicted molar refractivity (Wildman–Crippen MR) is 183 cm³/mol. The Bertz CT molecular complexity index is 2220. The van der Waals surface area contributed by atoms with Crippen LogP contribution in [0.25, 0.3) is 5.41 Å². The lowest BCUT2D eigenvalue weighted by molar-refractivity contribution is 0.0752. The van der Waals surface area contributed by atoms with Crippen molar-refractivity contribution < 1.29 is 9.47 Å². The summed E-state index contributed by atoms with van der Waals surface area (Å²) < 4.78 is 12.5. The first-order valence-electron chi connectivity index (χ1n) is 15.2. The maximum absolute atomic E-state index is 10.2. The molecule has 0 radical (unpaired) electrons. The molecule has 0 fully saturated rings. The molecule has 0 amide bonds. The Morgan fingerprint density at radius 1 is 0.776 bits per heavy atom. The Hall–Kier alpha value is -6.59. The first-order chi connectivity index (χ1) is 23.7. The first-order valence-corrected chi connectivity index (χ1v) is 15.6. The Morgan fingerprint density at radius 2 is 1.39 bits per heavy atom. The smallest absolute Gasteiger partial charge is 0.172 e. The van der Waals surface area contributed by atoms with Gasteiger partial charge in [-0.2, -0.15) is 26.3 Å². The molecule has 0 saturated heterocycles. The van der Waals surface area contributed by atoms with Crippen molar-refractivity contribution in [1.82, 2.24) is 0 Å². The topological polar surface area (TPSA) is 160 Å². The summed E-state index contributed by atoms with van der Waals surface area (Å²) in [4.78, 5) is 0. The average molecular weight is 658 g/mol. The van der Waals surface area contributed by atoms with Crippen LogP contribution in [-0.4, -0.2) is 5.87 Å². The molecule has 0 aromatic heterocycles. The fourth-order valence-corrected chi connectivity index (χ4v) is 6.49. The summed E-state index contributed by atoms with van der Waals surface area (Å²) in [5.74, 6) is 1.71. The molecule has 2 unspecified atom stereocenters. The van der Waals surface area contributed by atoms with Crippen LogP contribution < -0.4 is 0 Å². The fourth-order valence-electron chi connectivity index (χ4n) is 6.17. The van der Waals surface area contributed by atoms with Crippen molar-refractivity contribution in [3.8, 4) is 30.3 Å². The number of benzene rings is 2. The molecular formula is C40H26ClN6O2-. The zero-order chi connectivity index (χ0) is 35.2. The molecule has 0 bridgehead atoms. The van der Waals surface area contributed by atoms with Gasteiger partial charge in [0.2, 0.25) is 0 Å². The Labute approximate surface area is 289 Å². The van der Waals surface area contributed by atoms with Gasteiger partial charge in [0, 0.05) is 16.2 Å². The van der Waals surface area contributed by atoms with Crippen LogP contribution in [0.15, 0.2) is 146 Å². The van der Waals surface area contributed by atoms with E-state index in [0.29, 0.717) is 29.0 Å². The van der Waals surface area contributed by atoms with Crippen LogP contribution in [0.5, 0.6) is 0 Å². The molecule has 2 heterocycles. The number of nitriles is 5. The standard InChI is InChI=1S/C40H26ClN6O2/c1-39(30-12-5-3-6-13-30)34(32(24-46)37(48-39)28(20-42)21-43)18-16-26-10-9-11-27(36(26)41)17-19-35-33(25-47)38(29(22-44)23-45)49-40(35,2)31-14-7-4-8-15-31/h3-8,12-19H,9-11H2,1-2H3/q-1/b18-16+,27-17-,35-19-. The van der Waals surface area contributed by atoms with Crippen LogP contribution in [-0.2, 0) is 20.7 Å². The second kappa shape index (κ2) is 14.0. The zero-order valence-electron chi connectivity index (χ0n) is 26.6. The van der Waals surface area contributed by atoms with Crippen molar-refractivity contribution in [3.05, 3.63) is 163 Å². The summed E-state index contributed by atoms with van der Waals surface area (Å²) in [5, 5.41) is 59.2. The molecule has 2 aliphatic heterocycles. The normalized spacial score (nSPS) is 23.3. The quantitative estimate of drug-likeness (QED) is 0.222. The van der Waals surface area contributed by atoms with Gasteiger partial charge in [0.1, 0.15) is 47.1 Å². The largest absolute Gasteiger partial charge is 0.762 e. The molecule has 0 spiro atoms. The van der Waals surface area contributed by atoms with Crippen LogP contribution >= 0.6 is 11.6 Å². The monoisotopic (exact) mass is 657 g/mol. The highest BCUT2D eigenvalue weighted by Gasteiger charge is 2.45. The van der Waals surface area contributed by atoms with E-state index >= 15 is 0 Å². The zero-order valence-corrected chi connectivity index (χ0v) is 27.3. The second-order valence-electron chi connectivity index (χ2n) is 11.5. The lowest BCUT2D eigenvalue weighted by atomic mass is 9.84. The van der Waals surface area contributed by atoms with Gasteiger partial charge in [0.05, 0.1) is 0 Å². The first kappa shape index (κ1) is 33.8. The molecule has 8 nitrogen and oxygen atoms in total. The molecule has 0 N–H and O–H groups in total. The highest BCUT2D eigenvalue weighted by molar-refractivity contribution is 6.32. The van der Waals surface area contributed by atoms with Crippen LogP contribution in [0.1, 0.15) is 44.2 Å². The second-order valence-corrected chi connectivity index (χ2v) is 11.9. The number of rotatable bonds is 6. The minimum atomic E-state index is -1.16. The van der Waals surface area contributed by atoms with E-state index in [0.717, 1.165) is 28.7 Å². The van der Waals surface area contributed by atoms with E-state index in [2.05, 4.69) is 12.1 Å². The van der Waals surface area contributed by atoms with Gasteiger partial charge < -0.3 is 14.9 Å². The summed E-state index contributed by atoms with van der Waals surface area (Å²) in [6.45, 7) is 3.58. The lowest BCUT2D eigenvalue weighted by Gasteiger charge is -2.27. The summed E-state index contributed by atoms with van der Waals surface area (Å²) >= 11 is 7.01. The van der Waals surface area contributed by atoms with Gasteiger partial charge in [-0.3, -0.25) is 0 Å². The van der Waals surface area contributed by atoms with Gasteiger partial charge in [0.15, 0.2) is 28.3 Å². The number of halogens is 1. The molecule has 3 aliphatic rings. The SMILES string of the molecule is CC1(c2ccccc2)OC(=C(C#N)C#N)C(C#N)=C1/C=C/C1=C(Cl)C(=C\C=C2\C(C#N)=C(C(=C=[N-])C#N)OC2(C)c2ccccc2)/CCC1. The van der Waals surface area contributed by atoms with Crippen LogP contribution in [0.2, 0.25) is 0 Å². The molecule has 236 valence electrons. The maximum atomic E-state index is 10.2. The van der Waals surface area contributed by atoms with E-state index in [4.69, 9.17) is 21.1 Å². The Balaban J connectivity index is 1.62. The fraction of sp³-hybridized carbons (Fsp3) is 0.175. The summed E-state index contributed by atoms with van der Waals surface area (Å²) in [6.07, 6.45) is 9.22. The van der Waals surface area contributed by atoms with E-state index < -0.39 is 11.2 Å². The molecule has 2 atom stereocenters. The highest BCUT2D eigenvalue weighted by Crippen LogP contribution is 2.49. The van der Waals surface area contributed by atoms with Gasteiger partial charge >= 0.3 is 0 Å². The molecule has 49 heavy (non-hydrogen) atoms. The minimum absolute atomic E-state index is 0.0661. The lowest BCUT2D eigenvalue weighted by Crippen LogP contribution is -2.24. The highest BCUT2D eigenvalue weighted by atomic mass is 35.5. The van der Waals surface area contributed by atoms with Crippen molar-refractivity contribution in [2.24, 2.45) is 0 Å². The molecule has 5 rings (SSSR count). The summed E-state index contributed by atoms with van der Waals surface area (Å²) in [7, 11) is 0. The molecule has 2 aromatic carbocycles. The Kier molecular flexibility index (Phi) is 9.67. The third-order valence-corrected chi connectivity index (χ3v) is 9.25. The third-order valence-electron chi connectivity index (χ3n) is 8.77. The Morgan fingerprint density at radius 3 is 1.94 bits per heavy atom. The van der Waals surface area contributed by atoms with E-state index in [-0.39, 0.29) is 33.8 Å². The molecule has 9 heteroatoms. The summed E-state index contributed by atoms with van der Waals surface area (Å²) in [5.41, 5.74) is 1.30. The van der Waals surface area contributed by atoms with Crippen LogP contribution in [0.3, 0.4) is 0 Å². The minimum Gasteiger partial charge on any atom is -0.762 e. The number of allylic oxidation sites excluding steroid dienone is 9. The molecule has 1 aliphatic carbocycles. The van der Waals surface area contributed by atoms with Gasteiger partial charge in [0.25, 0.3) is 0 Å². The van der Waals surface area contributed by atoms with E-state index in [1.807, 2.05) is 96.9 Å². The third kappa shape index (κ3) is 6.01. The van der Waals surface area contributed by atoms with Gasteiger partial charge in [-0.05, 0) is 55.4 Å². The van der Waals surface area contributed by atoms with E-state index in [9.17, 15) is 31.7 Å². The van der Waals surface area contributed by atoms with Crippen molar-refractivity contribution in [2.45, 2.75) is 44.3 Å². The number of nitrogens with zero attached hydrogens (tertiary/aromatic N) is 6. The number of hydrogen-bond acceptors (Lipinski definition) is 7. The predicted octanol–water partition coefficient (Wildman–Crippen LogP) is 8.55. The molecule has 0 saturated carbocycles. The van der Waals surface area contributed by atoms with Crippen LogP contribution in [0, 0.1) is 56.7 Å². The molecular weight excluding hydrogens is 632 g/mol. The van der Waals surface area contributed by atoms with Crippen molar-refractivity contribution in [3.63, 3.8) is 0 Å². The average Bonchev–Trinajstić information content (AvgIpc) is 3.59. The van der Waals surface area contributed by atoms with Crippen molar-refractivity contribution >= 4 is 17.5 Å². The van der Waals surface area contributed by atoms with E-state index in [1.54, 1.807) is 26.0 Å². The summed E-state index contributed by atoms with van der Waals surface area (Å²) in [6, 6.07) is 28.3. The molecule has 2 aromatic rings. The van der Waals surface area contributed by atoms with Crippen molar-refractivity contribution in [1.29, 1.82) is 26.3 Å². The number of hydrogen-bond donors (Lipinski definition) is 0. The number of ether oxygens (including phenoxy) is 2.